The first-order valence-electron chi connectivity index (χ1n) is 31.7. The molecule has 438 valence electrons. The molecule has 5 heteroatoms. The summed E-state index contributed by atoms with van der Waals surface area (Å²) in [6.45, 7) is 3.99. The zero-order valence-corrected chi connectivity index (χ0v) is 50.1. The van der Waals surface area contributed by atoms with Crippen molar-refractivity contribution in [2.75, 3.05) is 13.2 Å². The number of aliphatic hydroxyl groups excluding tert-OH is 1. The maximum absolute atomic E-state index is 12.3. The lowest BCUT2D eigenvalue weighted by molar-refractivity contribution is -0.161. The van der Waals surface area contributed by atoms with Crippen molar-refractivity contribution < 1.29 is 24.2 Å². The molecule has 1 N–H and O–H groups in total. The standard InChI is InChI=1S/C73H116O5/c1-3-5-7-9-11-13-15-17-19-21-23-25-27-29-31-32-33-34-35-36-37-38-39-40-42-44-46-48-50-52-54-56-58-60-62-64-66-68-73(76)78-71(69-74)70-77-72(75)67-65-63-61-59-57-55-53-51-49-47-45-43-41-30-28-26-24-22-20-18-16-14-12-10-8-6-4-2/h5,7,11,13,16-19,22-25,28-31,33-34,36-37,39-40,44,46,50,52,56,58,71,74H,3-4,6,8-10,12,14-15,20-21,26-27,32,35,38,41-43,45,47-49,51,53-55,57,59-70H2,1-2H3/b7-5-,13-11-,18-16-,19-17-,24-22-,25-23-,30-28-,31-29-,34-33-,37-36-,40-39-,46-44-,52-50-,58-56-. The molecule has 5 nitrogen and oxygen atoms in total. The van der Waals surface area contributed by atoms with E-state index in [1.165, 1.54) is 103 Å². The minimum absolute atomic E-state index is 0.0909. The summed E-state index contributed by atoms with van der Waals surface area (Å²) in [6.07, 6.45) is 103. The topological polar surface area (TPSA) is 72.8 Å². The number of unbranched alkanes of at least 4 members (excludes halogenated alkanes) is 20. The first-order valence-corrected chi connectivity index (χ1v) is 31.7. The predicted octanol–water partition coefficient (Wildman–Crippen LogP) is 22.1. The van der Waals surface area contributed by atoms with Gasteiger partial charge in [0.25, 0.3) is 0 Å². The summed E-state index contributed by atoms with van der Waals surface area (Å²) in [5.41, 5.74) is 0. The highest BCUT2D eigenvalue weighted by molar-refractivity contribution is 5.70. The third kappa shape index (κ3) is 63.8. The Bertz CT molecular complexity index is 1740. The summed E-state index contributed by atoms with van der Waals surface area (Å²) in [6, 6.07) is 0. The van der Waals surface area contributed by atoms with Crippen molar-refractivity contribution in [1.82, 2.24) is 0 Å². The second-order valence-electron chi connectivity index (χ2n) is 20.4. The minimum Gasteiger partial charge on any atom is -0.462 e. The smallest absolute Gasteiger partial charge is 0.306 e. The van der Waals surface area contributed by atoms with Gasteiger partial charge in [-0.3, -0.25) is 9.59 Å². The zero-order valence-electron chi connectivity index (χ0n) is 50.1. The van der Waals surface area contributed by atoms with Crippen LogP contribution in [0.5, 0.6) is 0 Å². The quantitative estimate of drug-likeness (QED) is 0.0373. The van der Waals surface area contributed by atoms with Crippen LogP contribution in [0.3, 0.4) is 0 Å². The fraction of sp³-hybridized carbons (Fsp3) is 0.589. The summed E-state index contributed by atoms with van der Waals surface area (Å²) in [5.74, 6) is -0.640. The zero-order chi connectivity index (χ0) is 56.2. The summed E-state index contributed by atoms with van der Waals surface area (Å²) in [5, 5.41) is 9.67. The Morgan fingerprint density at radius 2 is 0.551 bits per heavy atom. The Hall–Kier alpha value is -4.74. The van der Waals surface area contributed by atoms with Gasteiger partial charge in [0.05, 0.1) is 6.61 Å². The van der Waals surface area contributed by atoms with Crippen molar-refractivity contribution in [3.63, 3.8) is 0 Å². The largest absolute Gasteiger partial charge is 0.462 e. The van der Waals surface area contributed by atoms with Crippen molar-refractivity contribution in [2.45, 2.75) is 264 Å². The third-order valence-corrected chi connectivity index (χ3v) is 13.0. The number of hydrogen-bond acceptors (Lipinski definition) is 5. The van der Waals surface area contributed by atoms with Crippen LogP contribution in [0.4, 0.5) is 0 Å². The number of esters is 2. The molecule has 0 saturated carbocycles. The Morgan fingerprint density at radius 1 is 0.308 bits per heavy atom. The normalized spacial score (nSPS) is 13.4. The van der Waals surface area contributed by atoms with Crippen molar-refractivity contribution in [1.29, 1.82) is 0 Å². The molecule has 0 aliphatic heterocycles. The highest BCUT2D eigenvalue weighted by Gasteiger charge is 2.16. The molecule has 0 aromatic rings. The predicted molar refractivity (Wildman–Crippen MR) is 343 cm³/mol. The lowest BCUT2D eigenvalue weighted by atomic mass is 10.0. The van der Waals surface area contributed by atoms with Crippen LogP contribution in [0.2, 0.25) is 0 Å². The number of rotatable bonds is 56. The van der Waals surface area contributed by atoms with Crippen LogP contribution in [0.25, 0.3) is 0 Å². The fourth-order valence-corrected chi connectivity index (χ4v) is 8.27. The molecule has 0 fully saturated rings. The van der Waals surface area contributed by atoms with E-state index in [9.17, 15) is 14.7 Å². The Balaban J connectivity index is 3.65. The molecule has 0 bridgehead atoms. The first-order chi connectivity index (χ1) is 38.6. The van der Waals surface area contributed by atoms with E-state index in [0.717, 1.165) is 128 Å². The van der Waals surface area contributed by atoms with Gasteiger partial charge in [-0.25, -0.2) is 0 Å². The van der Waals surface area contributed by atoms with E-state index in [1.54, 1.807) is 0 Å². The van der Waals surface area contributed by atoms with Gasteiger partial charge in [-0.1, -0.05) is 280 Å². The van der Waals surface area contributed by atoms with Gasteiger partial charge in [0.1, 0.15) is 6.61 Å². The maximum Gasteiger partial charge on any atom is 0.306 e. The average Bonchev–Trinajstić information content (AvgIpc) is 3.44. The lowest BCUT2D eigenvalue weighted by Gasteiger charge is -2.15. The lowest BCUT2D eigenvalue weighted by Crippen LogP contribution is -2.28. The number of allylic oxidation sites excluding steroid dienone is 28. The van der Waals surface area contributed by atoms with Gasteiger partial charge in [-0.05, 0) is 135 Å². The summed E-state index contributed by atoms with van der Waals surface area (Å²) in [4.78, 5) is 24.6. The van der Waals surface area contributed by atoms with Crippen LogP contribution in [-0.4, -0.2) is 36.4 Å². The van der Waals surface area contributed by atoms with Gasteiger partial charge in [0.2, 0.25) is 0 Å². The number of carbonyl (C=O) groups excluding carboxylic acids is 2. The number of ether oxygens (including phenoxy) is 2. The molecule has 0 amide bonds. The van der Waals surface area contributed by atoms with E-state index in [0.29, 0.717) is 12.8 Å². The van der Waals surface area contributed by atoms with E-state index < -0.39 is 6.10 Å². The molecule has 1 atom stereocenters. The molecule has 0 aliphatic rings. The van der Waals surface area contributed by atoms with Crippen molar-refractivity contribution in [2.24, 2.45) is 0 Å². The number of hydrogen-bond donors (Lipinski definition) is 1. The van der Waals surface area contributed by atoms with E-state index in [4.69, 9.17) is 9.47 Å². The second-order valence-corrected chi connectivity index (χ2v) is 20.4. The highest BCUT2D eigenvalue weighted by Crippen LogP contribution is 2.14. The second kappa shape index (κ2) is 66.5. The van der Waals surface area contributed by atoms with E-state index >= 15 is 0 Å². The van der Waals surface area contributed by atoms with E-state index in [1.807, 2.05) is 0 Å². The van der Waals surface area contributed by atoms with Crippen LogP contribution in [0.1, 0.15) is 258 Å². The monoisotopic (exact) mass is 1070 g/mol. The fourth-order valence-electron chi connectivity index (χ4n) is 8.27. The summed E-state index contributed by atoms with van der Waals surface area (Å²) >= 11 is 0. The molecule has 1 unspecified atom stereocenters. The average molecular weight is 1070 g/mol. The van der Waals surface area contributed by atoms with E-state index in [2.05, 4.69) is 184 Å². The van der Waals surface area contributed by atoms with Crippen LogP contribution < -0.4 is 0 Å². The van der Waals surface area contributed by atoms with Crippen molar-refractivity contribution in [3.8, 4) is 0 Å². The van der Waals surface area contributed by atoms with Gasteiger partial charge in [0.15, 0.2) is 6.10 Å². The van der Waals surface area contributed by atoms with Gasteiger partial charge >= 0.3 is 11.9 Å². The molecule has 0 heterocycles. The van der Waals surface area contributed by atoms with Crippen molar-refractivity contribution >= 4 is 11.9 Å². The molecule has 0 radical (unpaired) electrons. The molecule has 0 aliphatic carbocycles. The Morgan fingerprint density at radius 3 is 0.846 bits per heavy atom. The number of carbonyl (C=O) groups is 2. The molecule has 0 rings (SSSR count). The molecule has 0 aromatic carbocycles. The Kier molecular flexibility index (Phi) is 62.5. The van der Waals surface area contributed by atoms with Crippen LogP contribution in [0.15, 0.2) is 170 Å². The van der Waals surface area contributed by atoms with Crippen LogP contribution in [-0.2, 0) is 19.1 Å². The first kappa shape index (κ1) is 73.3. The van der Waals surface area contributed by atoms with Gasteiger partial charge in [-0.15, -0.1) is 0 Å². The van der Waals surface area contributed by atoms with Crippen LogP contribution in [0, 0.1) is 0 Å². The van der Waals surface area contributed by atoms with Crippen LogP contribution >= 0.6 is 0 Å². The van der Waals surface area contributed by atoms with Gasteiger partial charge in [-0.2, -0.15) is 0 Å². The molecule has 78 heavy (non-hydrogen) atoms. The third-order valence-electron chi connectivity index (χ3n) is 13.0. The molecule has 0 spiro atoms. The maximum atomic E-state index is 12.3. The molecule has 0 aromatic heterocycles. The van der Waals surface area contributed by atoms with E-state index in [-0.39, 0.29) is 25.2 Å². The Labute approximate surface area is 481 Å². The minimum atomic E-state index is -0.805. The molecular weight excluding hydrogens is 957 g/mol. The summed E-state index contributed by atoms with van der Waals surface area (Å²) < 4.78 is 10.7. The summed E-state index contributed by atoms with van der Waals surface area (Å²) in [7, 11) is 0. The van der Waals surface area contributed by atoms with Crippen molar-refractivity contribution in [3.05, 3.63) is 170 Å². The SMILES string of the molecule is CC/C=C\C/C=C\C/C=C\C/C=C\C/C=C\C/C=C\C/C=C\C/C=C\C/C=C\C/C=C\C/C=C\CCCCCC(=O)OC(CO)COC(=O)CCCCCCCCCCCCCC/C=C\C/C=C\C/C=C\CCCCCCC. The molecular formula is C73H116O5. The molecule has 0 saturated heterocycles. The van der Waals surface area contributed by atoms with Gasteiger partial charge < -0.3 is 14.6 Å². The van der Waals surface area contributed by atoms with Gasteiger partial charge in [0, 0.05) is 12.8 Å². The highest BCUT2D eigenvalue weighted by atomic mass is 16.6. The number of aliphatic hydroxyl groups is 1.